The van der Waals surface area contributed by atoms with Crippen LogP contribution in [0.4, 0.5) is 9.52 Å². The highest BCUT2D eigenvalue weighted by Crippen LogP contribution is 2.33. The Labute approximate surface area is 155 Å². The Kier molecular flexibility index (Phi) is 5.61. The van der Waals surface area contributed by atoms with E-state index in [1.807, 2.05) is 18.9 Å². The minimum Gasteiger partial charge on any atom is -0.315 e. The van der Waals surface area contributed by atoms with Crippen molar-refractivity contribution in [3.05, 3.63) is 39.6 Å². The van der Waals surface area contributed by atoms with Crippen LogP contribution in [0, 0.1) is 9.77 Å². The van der Waals surface area contributed by atoms with Gasteiger partial charge in [0.15, 0.2) is 10.6 Å². The van der Waals surface area contributed by atoms with Crippen LogP contribution in [-0.4, -0.2) is 28.8 Å². The molecule has 5 nitrogen and oxygen atoms in total. The smallest absolute Gasteiger partial charge is 0.228 e. The fourth-order valence-electron chi connectivity index (χ4n) is 2.72. The highest BCUT2D eigenvalue weighted by atomic mass is 32.1. The number of hydrogen-bond donors (Lipinski definition) is 1. The quantitative estimate of drug-likeness (QED) is 0.749. The molecule has 1 unspecified atom stereocenters. The average molecular weight is 382 g/mol. The van der Waals surface area contributed by atoms with Crippen molar-refractivity contribution in [3.8, 4) is 0 Å². The molecule has 1 saturated carbocycles. The topological polar surface area (TPSA) is 42.6 Å². The summed E-state index contributed by atoms with van der Waals surface area (Å²) in [6, 6.07) is 6.81. The maximum Gasteiger partial charge on any atom is 0.228 e. The van der Waals surface area contributed by atoms with E-state index in [0.717, 1.165) is 24.9 Å². The Morgan fingerprint density at radius 1 is 1.44 bits per heavy atom. The average Bonchev–Trinajstić information content (AvgIpc) is 3.34. The van der Waals surface area contributed by atoms with Crippen LogP contribution in [0.3, 0.4) is 0 Å². The highest BCUT2D eigenvalue weighted by Gasteiger charge is 2.35. The number of aromatic nitrogens is 2. The molecule has 0 bridgehead atoms. The molecule has 1 fully saturated rings. The number of carbonyl (C=O) groups is 1. The maximum absolute atomic E-state index is 13.0. The van der Waals surface area contributed by atoms with Crippen LogP contribution in [0.15, 0.2) is 24.3 Å². The van der Waals surface area contributed by atoms with Gasteiger partial charge in [-0.2, -0.15) is 4.68 Å². The second-order valence-corrected chi connectivity index (χ2v) is 8.02. The zero-order valence-corrected chi connectivity index (χ0v) is 16.0. The molecule has 1 heterocycles. The minimum absolute atomic E-state index is 0.102. The van der Waals surface area contributed by atoms with Crippen LogP contribution >= 0.6 is 23.6 Å². The lowest BCUT2D eigenvalue weighted by molar-refractivity contribution is -0.917. The molecule has 0 radical (unpaired) electrons. The standard InChI is InChI=1S/C17H21FN4OS2/c1-3-15(23)22(14-8-9-14)16-19-21(17(24)25-16)11-20(2)10-12-4-6-13(18)7-5-12/h4-7,14H,3,8-11H2,1-2H3/p+1. The third-order valence-corrected chi connectivity index (χ3v) is 5.43. The predicted octanol–water partition coefficient (Wildman–Crippen LogP) is 2.39. The summed E-state index contributed by atoms with van der Waals surface area (Å²) < 4.78 is 15.5. The monoisotopic (exact) mass is 381 g/mol. The summed E-state index contributed by atoms with van der Waals surface area (Å²) in [7, 11) is 2.04. The first-order chi connectivity index (χ1) is 12.0. The second-order valence-electron chi connectivity index (χ2n) is 6.42. The van der Waals surface area contributed by atoms with E-state index in [4.69, 9.17) is 12.2 Å². The van der Waals surface area contributed by atoms with Crippen molar-refractivity contribution in [2.24, 2.45) is 0 Å². The minimum atomic E-state index is -0.228. The van der Waals surface area contributed by atoms with Gasteiger partial charge in [-0.25, -0.2) is 4.39 Å². The van der Waals surface area contributed by atoms with Crippen molar-refractivity contribution in [3.63, 3.8) is 0 Å². The van der Waals surface area contributed by atoms with Gasteiger partial charge in [-0.15, -0.1) is 5.10 Å². The Balaban J connectivity index is 1.70. The first-order valence-electron chi connectivity index (χ1n) is 8.43. The molecule has 3 rings (SSSR count). The molecule has 8 heteroatoms. The number of quaternary nitrogens is 1. The molecule has 2 aromatic rings. The number of rotatable bonds is 7. The molecule has 1 aromatic carbocycles. The largest absolute Gasteiger partial charge is 0.315 e. The molecule has 1 aliphatic rings. The van der Waals surface area contributed by atoms with Gasteiger partial charge in [0.2, 0.25) is 11.0 Å². The van der Waals surface area contributed by atoms with Crippen LogP contribution in [0.25, 0.3) is 0 Å². The van der Waals surface area contributed by atoms with Gasteiger partial charge in [0.1, 0.15) is 12.4 Å². The Morgan fingerprint density at radius 3 is 2.72 bits per heavy atom. The van der Waals surface area contributed by atoms with Gasteiger partial charge in [-0.3, -0.25) is 9.69 Å². The van der Waals surface area contributed by atoms with Crippen molar-refractivity contribution in [2.45, 2.75) is 45.4 Å². The number of hydrogen-bond acceptors (Lipinski definition) is 4. The van der Waals surface area contributed by atoms with Crippen LogP contribution in [0.2, 0.25) is 0 Å². The van der Waals surface area contributed by atoms with Gasteiger partial charge < -0.3 is 4.90 Å². The lowest BCUT2D eigenvalue weighted by atomic mass is 10.2. The Hall–Kier alpha value is -1.64. The van der Waals surface area contributed by atoms with E-state index in [0.29, 0.717) is 22.2 Å². The lowest BCUT2D eigenvalue weighted by Gasteiger charge is -2.18. The molecule has 0 spiro atoms. The van der Waals surface area contributed by atoms with E-state index >= 15 is 0 Å². The summed E-state index contributed by atoms with van der Waals surface area (Å²) in [6.45, 7) is 3.22. The molecule has 1 aliphatic carbocycles. The van der Waals surface area contributed by atoms with Crippen molar-refractivity contribution in [2.75, 3.05) is 11.9 Å². The number of nitrogens with one attached hydrogen (secondary N) is 1. The Morgan fingerprint density at radius 2 is 2.12 bits per heavy atom. The molecule has 0 aliphatic heterocycles. The van der Waals surface area contributed by atoms with Gasteiger partial charge >= 0.3 is 0 Å². The number of amides is 1. The van der Waals surface area contributed by atoms with Crippen LogP contribution in [-0.2, 0) is 18.0 Å². The number of carbonyl (C=O) groups excluding carboxylic acids is 1. The van der Waals surface area contributed by atoms with Gasteiger partial charge in [0.25, 0.3) is 0 Å². The summed E-state index contributed by atoms with van der Waals surface area (Å²) in [5.74, 6) is -0.126. The first kappa shape index (κ1) is 18.2. The van der Waals surface area contributed by atoms with Crippen LogP contribution < -0.4 is 9.80 Å². The summed E-state index contributed by atoms with van der Waals surface area (Å²) >= 11 is 6.83. The molecule has 134 valence electrons. The van der Waals surface area contributed by atoms with Gasteiger partial charge in [-0.05, 0) is 37.2 Å². The first-order valence-corrected chi connectivity index (χ1v) is 9.66. The van der Waals surface area contributed by atoms with E-state index < -0.39 is 0 Å². The summed E-state index contributed by atoms with van der Waals surface area (Å²) in [6.07, 6.45) is 2.54. The van der Waals surface area contributed by atoms with Gasteiger partial charge in [0.05, 0.1) is 7.05 Å². The third-order valence-electron chi connectivity index (χ3n) is 4.12. The molecule has 1 aromatic heterocycles. The molecule has 25 heavy (non-hydrogen) atoms. The number of nitrogens with zero attached hydrogens (tertiary/aromatic N) is 3. The molecule has 1 atom stereocenters. The van der Waals surface area contributed by atoms with E-state index in [2.05, 4.69) is 5.10 Å². The lowest BCUT2D eigenvalue weighted by Crippen LogP contribution is -3.07. The van der Waals surface area contributed by atoms with E-state index in [1.165, 1.54) is 28.4 Å². The van der Waals surface area contributed by atoms with E-state index in [-0.39, 0.29) is 17.8 Å². The Bertz CT molecular complexity index is 798. The van der Waals surface area contributed by atoms with E-state index in [9.17, 15) is 9.18 Å². The molecule has 0 saturated heterocycles. The molecular formula is C17H22FN4OS2+. The second kappa shape index (κ2) is 7.72. The predicted molar refractivity (Wildman–Crippen MR) is 98.7 cm³/mol. The summed E-state index contributed by atoms with van der Waals surface area (Å²) in [4.78, 5) is 15.2. The summed E-state index contributed by atoms with van der Waals surface area (Å²) in [5, 5.41) is 5.29. The molecule has 1 N–H and O–H groups in total. The zero-order valence-electron chi connectivity index (χ0n) is 14.4. The fourth-order valence-corrected chi connectivity index (χ4v) is 3.91. The highest BCUT2D eigenvalue weighted by molar-refractivity contribution is 7.73. The van der Waals surface area contributed by atoms with Crippen LogP contribution in [0.1, 0.15) is 31.7 Å². The van der Waals surface area contributed by atoms with Gasteiger partial charge in [-0.1, -0.05) is 30.4 Å². The zero-order chi connectivity index (χ0) is 18.0. The van der Waals surface area contributed by atoms with Crippen molar-refractivity contribution >= 4 is 34.6 Å². The van der Waals surface area contributed by atoms with Crippen molar-refractivity contribution < 1.29 is 14.1 Å². The normalized spacial score (nSPS) is 15.2. The van der Waals surface area contributed by atoms with Crippen LogP contribution in [0.5, 0.6) is 0 Å². The number of halogens is 1. The molecular weight excluding hydrogens is 359 g/mol. The van der Waals surface area contributed by atoms with Crippen molar-refractivity contribution in [1.82, 2.24) is 9.78 Å². The fraction of sp³-hybridized carbons (Fsp3) is 0.471. The number of benzene rings is 1. The number of anilines is 1. The molecule has 1 amide bonds. The third kappa shape index (κ3) is 4.50. The SMILES string of the molecule is CCC(=O)N(c1nn(C[NH+](C)Cc2ccc(F)cc2)c(=S)s1)C1CC1. The van der Waals surface area contributed by atoms with Gasteiger partial charge in [0, 0.05) is 18.0 Å². The summed E-state index contributed by atoms with van der Waals surface area (Å²) in [5.41, 5.74) is 1.06. The van der Waals surface area contributed by atoms with Crippen molar-refractivity contribution in [1.29, 1.82) is 0 Å². The maximum atomic E-state index is 13.0. The van der Waals surface area contributed by atoms with E-state index in [1.54, 1.807) is 16.8 Å².